The summed E-state index contributed by atoms with van der Waals surface area (Å²) in [7, 11) is -1.69. The van der Waals surface area contributed by atoms with Crippen LogP contribution in [0.15, 0.2) is 20.0 Å². The van der Waals surface area contributed by atoms with E-state index in [2.05, 4.69) is 35.1 Å². The SMILES string of the molecule is CNCc1cc(S(=O)(=O)N2CCC(C)C(C)C2)c(Br)o1. The van der Waals surface area contributed by atoms with E-state index in [9.17, 15) is 8.42 Å². The molecule has 0 saturated carbocycles. The van der Waals surface area contributed by atoms with Crippen molar-refractivity contribution in [3.8, 4) is 0 Å². The highest BCUT2D eigenvalue weighted by molar-refractivity contribution is 9.10. The van der Waals surface area contributed by atoms with Crippen molar-refractivity contribution in [2.45, 2.75) is 31.7 Å². The van der Waals surface area contributed by atoms with Crippen LogP contribution in [0.25, 0.3) is 0 Å². The molecule has 0 radical (unpaired) electrons. The quantitative estimate of drug-likeness (QED) is 0.890. The van der Waals surface area contributed by atoms with E-state index in [0.717, 1.165) is 6.42 Å². The normalized spacial score (nSPS) is 25.0. The summed E-state index contributed by atoms with van der Waals surface area (Å²) in [6.07, 6.45) is 0.902. The highest BCUT2D eigenvalue weighted by Gasteiger charge is 2.34. The summed E-state index contributed by atoms with van der Waals surface area (Å²) in [5, 5.41) is 2.95. The van der Waals surface area contributed by atoms with Gasteiger partial charge in [0.1, 0.15) is 10.7 Å². The van der Waals surface area contributed by atoms with Crippen LogP contribution in [0.5, 0.6) is 0 Å². The molecule has 1 fully saturated rings. The van der Waals surface area contributed by atoms with Crippen molar-refractivity contribution in [1.82, 2.24) is 9.62 Å². The first-order chi connectivity index (χ1) is 9.36. The van der Waals surface area contributed by atoms with Crippen molar-refractivity contribution in [1.29, 1.82) is 0 Å². The fraction of sp³-hybridized carbons (Fsp3) is 0.692. The zero-order chi connectivity index (χ0) is 14.9. The van der Waals surface area contributed by atoms with Gasteiger partial charge in [0.15, 0.2) is 4.67 Å². The lowest BCUT2D eigenvalue weighted by Gasteiger charge is -2.34. The summed E-state index contributed by atoms with van der Waals surface area (Å²) < 4.78 is 32.7. The smallest absolute Gasteiger partial charge is 0.247 e. The van der Waals surface area contributed by atoms with Crippen molar-refractivity contribution >= 4 is 26.0 Å². The van der Waals surface area contributed by atoms with E-state index in [0.29, 0.717) is 37.2 Å². The van der Waals surface area contributed by atoms with E-state index in [-0.39, 0.29) is 9.56 Å². The molecule has 1 aromatic heterocycles. The Morgan fingerprint density at radius 2 is 2.15 bits per heavy atom. The minimum atomic E-state index is -3.48. The van der Waals surface area contributed by atoms with Gasteiger partial charge in [-0.05, 0) is 41.2 Å². The predicted octanol–water partition coefficient (Wildman–Crippen LogP) is 2.43. The molecule has 114 valence electrons. The Hall–Kier alpha value is -0.370. The van der Waals surface area contributed by atoms with Gasteiger partial charge in [0, 0.05) is 19.2 Å². The Morgan fingerprint density at radius 3 is 2.75 bits per heavy atom. The molecule has 7 heteroatoms. The van der Waals surface area contributed by atoms with Gasteiger partial charge >= 0.3 is 0 Å². The van der Waals surface area contributed by atoms with Gasteiger partial charge in [0.2, 0.25) is 10.0 Å². The summed E-state index contributed by atoms with van der Waals surface area (Å²) in [5.41, 5.74) is 0. The second-order valence-electron chi connectivity index (χ2n) is 5.49. The highest BCUT2D eigenvalue weighted by atomic mass is 79.9. The second kappa shape index (κ2) is 6.17. The summed E-state index contributed by atoms with van der Waals surface area (Å²) in [5.74, 6) is 1.55. The first-order valence-corrected chi connectivity index (χ1v) is 9.02. The van der Waals surface area contributed by atoms with Crippen molar-refractivity contribution in [3.05, 3.63) is 16.5 Å². The van der Waals surface area contributed by atoms with Crippen LogP contribution >= 0.6 is 15.9 Å². The van der Waals surface area contributed by atoms with Crippen LogP contribution < -0.4 is 5.32 Å². The molecule has 2 unspecified atom stereocenters. The van der Waals surface area contributed by atoms with E-state index < -0.39 is 10.0 Å². The topological polar surface area (TPSA) is 62.6 Å². The lowest BCUT2D eigenvalue weighted by molar-refractivity contribution is 0.212. The highest BCUT2D eigenvalue weighted by Crippen LogP contribution is 2.32. The Kier molecular flexibility index (Phi) is 4.94. The molecular weight excluding hydrogens is 344 g/mol. The summed E-state index contributed by atoms with van der Waals surface area (Å²) >= 11 is 3.22. The van der Waals surface area contributed by atoms with Crippen LogP contribution in [-0.2, 0) is 16.6 Å². The van der Waals surface area contributed by atoms with Gasteiger partial charge in [-0.25, -0.2) is 8.42 Å². The van der Waals surface area contributed by atoms with Crippen molar-refractivity contribution in [2.75, 3.05) is 20.1 Å². The van der Waals surface area contributed by atoms with Gasteiger partial charge in [-0.1, -0.05) is 13.8 Å². The molecule has 1 aliphatic rings. The maximum Gasteiger partial charge on any atom is 0.247 e. The molecule has 5 nitrogen and oxygen atoms in total. The summed E-state index contributed by atoms with van der Waals surface area (Å²) in [6, 6.07) is 1.60. The van der Waals surface area contributed by atoms with E-state index >= 15 is 0 Å². The van der Waals surface area contributed by atoms with Crippen LogP contribution in [0.2, 0.25) is 0 Å². The lowest BCUT2D eigenvalue weighted by Crippen LogP contribution is -2.42. The number of piperidine rings is 1. The van der Waals surface area contributed by atoms with Gasteiger partial charge < -0.3 is 9.73 Å². The van der Waals surface area contributed by atoms with E-state index in [1.54, 1.807) is 17.4 Å². The number of nitrogens with zero attached hydrogens (tertiary/aromatic N) is 1. The first-order valence-electron chi connectivity index (χ1n) is 6.79. The molecule has 2 atom stereocenters. The van der Waals surface area contributed by atoms with Gasteiger partial charge in [-0.3, -0.25) is 0 Å². The van der Waals surface area contributed by atoms with Gasteiger partial charge in [0.05, 0.1) is 6.54 Å². The maximum atomic E-state index is 12.7. The Morgan fingerprint density at radius 1 is 1.45 bits per heavy atom. The molecule has 1 saturated heterocycles. The first kappa shape index (κ1) is 16.0. The zero-order valence-corrected chi connectivity index (χ0v) is 14.4. The van der Waals surface area contributed by atoms with Gasteiger partial charge in [-0.2, -0.15) is 4.31 Å². The van der Waals surface area contributed by atoms with Crippen LogP contribution in [0, 0.1) is 11.8 Å². The molecule has 0 aliphatic carbocycles. The average Bonchev–Trinajstić information content (AvgIpc) is 2.75. The monoisotopic (exact) mass is 364 g/mol. The standard InChI is InChI=1S/C13H21BrN2O3S/c1-9-4-5-16(8-10(9)2)20(17,18)12-6-11(7-15-3)19-13(12)14/h6,9-10,15H,4-5,7-8H2,1-3H3. The predicted molar refractivity (Wildman–Crippen MR) is 80.9 cm³/mol. The summed E-state index contributed by atoms with van der Waals surface area (Å²) in [6.45, 7) is 5.92. The van der Waals surface area contributed by atoms with E-state index in [4.69, 9.17) is 4.42 Å². The fourth-order valence-corrected chi connectivity index (χ4v) is 4.93. The molecule has 20 heavy (non-hydrogen) atoms. The van der Waals surface area contributed by atoms with Crippen LogP contribution in [0.3, 0.4) is 0 Å². The summed E-state index contributed by atoms with van der Waals surface area (Å²) in [4.78, 5) is 0.226. The number of hydrogen-bond donors (Lipinski definition) is 1. The third-order valence-corrected chi connectivity index (χ3v) is 6.69. The molecule has 2 rings (SSSR count). The van der Waals surface area contributed by atoms with Gasteiger partial charge in [-0.15, -0.1) is 0 Å². The molecule has 0 bridgehead atoms. The minimum absolute atomic E-state index is 0.226. The molecule has 1 N–H and O–H groups in total. The van der Waals surface area contributed by atoms with Crippen LogP contribution in [0.4, 0.5) is 0 Å². The number of hydrogen-bond acceptors (Lipinski definition) is 4. The van der Waals surface area contributed by atoms with Gasteiger partial charge in [0.25, 0.3) is 0 Å². The maximum absolute atomic E-state index is 12.7. The molecule has 1 aliphatic heterocycles. The number of sulfonamides is 1. The van der Waals surface area contributed by atoms with Crippen molar-refractivity contribution in [3.63, 3.8) is 0 Å². The molecule has 2 heterocycles. The Labute approximate surface area is 128 Å². The number of furan rings is 1. The van der Waals surface area contributed by atoms with Crippen LogP contribution in [-0.4, -0.2) is 32.9 Å². The van der Waals surface area contributed by atoms with E-state index in [1.807, 2.05) is 0 Å². The fourth-order valence-electron chi connectivity index (χ4n) is 2.42. The molecule has 0 amide bonds. The Bertz CT molecular complexity index is 570. The molecule has 1 aromatic rings. The number of nitrogens with one attached hydrogen (secondary N) is 1. The largest absolute Gasteiger partial charge is 0.452 e. The average molecular weight is 365 g/mol. The Balaban J connectivity index is 2.26. The third-order valence-electron chi connectivity index (χ3n) is 3.97. The van der Waals surface area contributed by atoms with Crippen molar-refractivity contribution < 1.29 is 12.8 Å². The third kappa shape index (κ3) is 3.10. The number of rotatable bonds is 4. The number of halogens is 1. The van der Waals surface area contributed by atoms with Crippen LogP contribution in [0.1, 0.15) is 26.0 Å². The second-order valence-corrected chi connectivity index (χ2v) is 8.11. The molecular formula is C13H21BrN2O3S. The van der Waals surface area contributed by atoms with E-state index in [1.165, 1.54) is 0 Å². The van der Waals surface area contributed by atoms with Crippen molar-refractivity contribution in [2.24, 2.45) is 11.8 Å². The minimum Gasteiger partial charge on any atom is -0.452 e. The zero-order valence-electron chi connectivity index (χ0n) is 12.0. The molecule has 0 spiro atoms. The lowest BCUT2D eigenvalue weighted by atomic mass is 9.90. The molecule has 0 aromatic carbocycles.